The minimum absolute atomic E-state index is 0.164. The Hall–Kier alpha value is -1.92. The molecule has 1 amide bonds. The second-order valence-electron chi connectivity index (χ2n) is 5.98. The number of aromatic nitrogens is 1. The molecule has 1 aliphatic carbocycles. The molecule has 1 aromatic carbocycles. The van der Waals surface area contributed by atoms with E-state index in [0.717, 1.165) is 34.2 Å². The van der Waals surface area contributed by atoms with Crippen LogP contribution in [0.15, 0.2) is 41.1 Å². The maximum absolute atomic E-state index is 12.3. The Morgan fingerprint density at radius 3 is 3.00 bits per heavy atom. The molecule has 0 radical (unpaired) electrons. The monoisotopic (exact) mass is 390 g/mol. The summed E-state index contributed by atoms with van der Waals surface area (Å²) in [6.07, 6.45) is 5.51. The average Bonchev–Trinajstić information content (AvgIpc) is 2.59. The molecule has 0 bridgehead atoms. The third kappa shape index (κ3) is 3.44. The van der Waals surface area contributed by atoms with E-state index in [-0.39, 0.29) is 12.5 Å². The van der Waals surface area contributed by atoms with Crippen LogP contribution >= 0.6 is 15.9 Å². The molecule has 126 valence electrons. The van der Waals surface area contributed by atoms with Gasteiger partial charge in [-0.1, -0.05) is 6.07 Å². The Bertz CT molecular complexity index is 766. The Balaban J connectivity index is 1.77. The summed E-state index contributed by atoms with van der Waals surface area (Å²) in [4.78, 5) is 16.3. The van der Waals surface area contributed by atoms with Crippen molar-refractivity contribution in [3.63, 3.8) is 0 Å². The van der Waals surface area contributed by atoms with E-state index in [1.807, 2.05) is 18.2 Å². The number of benzene rings is 1. The summed E-state index contributed by atoms with van der Waals surface area (Å²) >= 11 is 3.30. The molecule has 1 heterocycles. The van der Waals surface area contributed by atoms with Crippen molar-refractivity contribution in [1.29, 1.82) is 0 Å². The van der Waals surface area contributed by atoms with Crippen molar-refractivity contribution < 1.29 is 14.6 Å². The molecular weight excluding hydrogens is 372 g/mol. The highest BCUT2D eigenvalue weighted by molar-refractivity contribution is 9.10. The van der Waals surface area contributed by atoms with Gasteiger partial charge in [-0.15, -0.1) is 0 Å². The first-order valence-electron chi connectivity index (χ1n) is 7.80. The Morgan fingerprint density at radius 1 is 1.42 bits per heavy atom. The molecule has 0 saturated heterocycles. The van der Waals surface area contributed by atoms with Crippen LogP contribution < -0.4 is 10.1 Å². The Kier molecular flexibility index (Phi) is 4.87. The molecule has 5 nitrogen and oxygen atoms in total. The van der Waals surface area contributed by atoms with E-state index in [2.05, 4.69) is 26.2 Å². The Morgan fingerprint density at radius 2 is 2.25 bits per heavy atom. The minimum Gasteiger partial charge on any atom is -0.497 e. The van der Waals surface area contributed by atoms with E-state index in [1.165, 1.54) is 6.20 Å². The molecule has 1 aliphatic rings. The first kappa shape index (κ1) is 16.9. The second-order valence-corrected chi connectivity index (χ2v) is 6.90. The average molecular weight is 391 g/mol. The number of halogens is 1. The molecular formula is C18H19BrN2O3. The maximum atomic E-state index is 12.3. The lowest BCUT2D eigenvalue weighted by Gasteiger charge is -2.35. The lowest BCUT2D eigenvalue weighted by Crippen LogP contribution is -2.43. The van der Waals surface area contributed by atoms with Gasteiger partial charge in [0.25, 0.3) is 5.91 Å². The van der Waals surface area contributed by atoms with Gasteiger partial charge in [0.15, 0.2) is 0 Å². The van der Waals surface area contributed by atoms with Gasteiger partial charge in [-0.3, -0.25) is 9.78 Å². The number of rotatable bonds is 4. The number of hydrogen-bond donors (Lipinski definition) is 2. The van der Waals surface area contributed by atoms with Crippen molar-refractivity contribution in [3.05, 3.63) is 57.8 Å². The van der Waals surface area contributed by atoms with Crippen molar-refractivity contribution >= 4 is 21.8 Å². The summed E-state index contributed by atoms with van der Waals surface area (Å²) in [5.41, 5.74) is 1.33. The lowest BCUT2D eigenvalue weighted by molar-refractivity contribution is 0.0189. The number of fused-ring (bicyclic) bond motifs is 1. The highest BCUT2D eigenvalue weighted by Crippen LogP contribution is 2.36. The second kappa shape index (κ2) is 6.91. The highest BCUT2D eigenvalue weighted by Gasteiger charge is 2.35. The van der Waals surface area contributed by atoms with Crippen LogP contribution in [0.4, 0.5) is 0 Å². The molecule has 2 N–H and O–H groups in total. The van der Waals surface area contributed by atoms with Crippen LogP contribution in [-0.4, -0.2) is 29.7 Å². The molecule has 2 aromatic rings. The van der Waals surface area contributed by atoms with E-state index in [1.54, 1.807) is 19.4 Å². The van der Waals surface area contributed by atoms with Crippen LogP contribution in [0, 0.1) is 0 Å². The fraction of sp³-hybridized carbons (Fsp3) is 0.333. The van der Waals surface area contributed by atoms with Crippen molar-refractivity contribution in [2.24, 2.45) is 0 Å². The van der Waals surface area contributed by atoms with Gasteiger partial charge in [0.1, 0.15) is 11.4 Å². The van der Waals surface area contributed by atoms with E-state index < -0.39 is 5.60 Å². The molecule has 0 fully saturated rings. The molecule has 0 saturated carbocycles. The zero-order valence-corrected chi connectivity index (χ0v) is 15.0. The number of carbonyl (C=O) groups excluding carboxylic acids is 1. The van der Waals surface area contributed by atoms with Gasteiger partial charge < -0.3 is 15.2 Å². The zero-order valence-electron chi connectivity index (χ0n) is 13.4. The largest absolute Gasteiger partial charge is 0.497 e. The molecule has 1 aromatic heterocycles. The fourth-order valence-corrected chi connectivity index (χ4v) is 3.48. The number of nitrogens with one attached hydrogen (secondary N) is 1. The van der Waals surface area contributed by atoms with Crippen LogP contribution in [0.1, 0.15) is 34.3 Å². The summed E-state index contributed by atoms with van der Waals surface area (Å²) in [5, 5.41) is 13.9. The van der Waals surface area contributed by atoms with Crippen molar-refractivity contribution in [3.8, 4) is 5.75 Å². The summed E-state index contributed by atoms with van der Waals surface area (Å²) < 4.78 is 5.99. The van der Waals surface area contributed by atoms with Crippen LogP contribution in [0.3, 0.4) is 0 Å². The first-order valence-corrected chi connectivity index (χ1v) is 8.60. The standard InChI is InChI=1S/C18H19BrN2O3/c1-24-15-4-5-16-12(8-15)3-2-6-18(16,23)11-21-17(22)13-7-14(19)10-20-9-13/h4-5,7-10,23H,2-3,6,11H2,1H3,(H,21,22). The number of carbonyl (C=O) groups is 1. The van der Waals surface area contributed by atoms with Crippen LogP contribution in [0.2, 0.25) is 0 Å². The molecule has 0 aliphatic heterocycles. The van der Waals surface area contributed by atoms with Crippen LogP contribution in [0.5, 0.6) is 5.75 Å². The topological polar surface area (TPSA) is 71.5 Å². The minimum atomic E-state index is -1.06. The van der Waals surface area contributed by atoms with Gasteiger partial charge in [-0.2, -0.15) is 0 Å². The summed E-state index contributed by atoms with van der Waals surface area (Å²) in [6, 6.07) is 7.39. The van der Waals surface area contributed by atoms with Crippen molar-refractivity contribution in [2.45, 2.75) is 24.9 Å². The third-order valence-corrected chi connectivity index (χ3v) is 4.79. The number of aliphatic hydroxyl groups is 1. The smallest absolute Gasteiger partial charge is 0.252 e. The van der Waals surface area contributed by atoms with Crippen LogP contribution in [-0.2, 0) is 12.0 Å². The SMILES string of the molecule is COc1ccc2c(c1)CCCC2(O)CNC(=O)c1cncc(Br)c1. The number of methoxy groups -OCH3 is 1. The maximum Gasteiger partial charge on any atom is 0.252 e. The van der Waals surface area contributed by atoms with Crippen molar-refractivity contribution in [2.75, 3.05) is 13.7 Å². The molecule has 6 heteroatoms. The van der Waals surface area contributed by atoms with Crippen LogP contribution in [0.25, 0.3) is 0 Å². The summed E-state index contributed by atoms with van der Waals surface area (Å²) in [6.45, 7) is 0.164. The lowest BCUT2D eigenvalue weighted by atomic mass is 9.79. The third-order valence-electron chi connectivity index (χ3n) is 4.36. The molecule has 3 rings (SSSR count). The quantitative estimate of drug-likeness (QED) is 0.841. The number of nitrogens with zero attached hydrogens (tertiary/aromatic N) is 1. The summed E-state index contributed by atoms with van der Waals surface area (Å²) in [5.74, 6) is 0.528. The number of aryl methyl sites for hydroxylation is 1. The highest BCUT2D eigenvalue weighted by atomic mass is 79.9. The van der Waals surface area contributed by atoms with Gasteiger partial charge in [-0.05, 0) is 64.5 Å². The number of amides is 1. The molecule has 1 atom stereocenters. The first-order chi connectivity index (χ1) is 11.5. The Labute approximate surface area is 149 Å². The molecule has 1 unspecified atom stereocenters. The van der Waals surface area contributed by atoms with Gasteiger partial charge >= 0.3 is 0 Å². The molecule has 24 heavy (non-hydrogen) atoms. The van der Waals surface area contributed by atoms with Gasteiger partial charge in [-0.25, -0.2) is 0 Å². The predicted octanol–water partition coefficient (Wildman–Crippen LogP) is 2.81. The number of hydrogen-bond acceptors (Lipinski definition) is 4. The van der Waals surface area contributed by atoms with Gasteiger partial charge in [0.05, 0.1) is 19.2 Å². The summed E-state index contributed by atoms with van der Waals surface area (Å²) in [7, 11) is 1.63. The number of pyridine rings is 1. The zero-order chi connectivity index (χ0) is 17.2. The van der Waals surface area contributed by atoms with E-state index >= 15 is 0 Å². The van der Waals surface area contributed by atoms with Gasteiger partial charge in [0.2, 0.25) is 0 Å². The van der Waals surface area contributed by atoms with Crippen molar-refractivity contribution in [1.82, 2.24) is 10.3 Å². The predicted molar refractivity (Wildman–Crippen MR) is 94.1 cm³/mol. The normalized spacial score (nSPS) is 19.5. The van der Waals surface area contributed by atoms with E-state index in [4.69, 9.17) is 4.74 Å². The molecule has 0 spiro atoms. The van der Waals surface area contributed by atoms with Gasteiger partial charge in [0, 0.05) is 16.9 Å². The fourth-order valence-electron chi connectivity index (χ4n) is 3.11. The number of ether oxygens (including phenoxy) is 1. The van der Waals surface area contributed by atoms with E-state index in [9.17, 15) is 9.90 Å². The van der Waals surface area contributed by atoms with E-state index in [0.29, 0.717) is 12.0 Å².